The lowest BCUT2D eigenvalue weighted by Crippen LogP contribution is -1.97. The fourth-order valence-corrected chi connectivity index (χ4v) is 2.20. The van der Waals surface area contributed by atoms with Gasteiger partial charge in [-0.05, 0) is 25.5 Å². The molecule has 1 atom stereocenters. The first-order chi connectivity index (χ1) is 6.60. The van der Waals surface area contributed by atoms with Crippen LogP contribution >= 0.6 is 11.3 Å². The molecule has 0 N–H and O–H groups in total. The minimum Gasteiger partial charge on any atom is -0.465 e. The van der Waals surface area contributed by atoms with E-state index >= 15 is 0 Å². The molecule has 0 radical (unpaired) electrons. The summed E-state index contributed by atoms with van der Waals surface area (Å²) in [4.78, 5) is 23.0. The fraction of sp³-hybridized carbons (Fsp3) is 0.444. The summed E-state index contributed by atoms with van der Waals surface area (Å²) in [6, 6.07) is 1.25. The van der Waals surface area contributed by atoms with Gasteiger partial charge in [-0.3, -0.25) is 0 Å². The summed E-state index contributed by atoms with van der Waals surface area (Å²) in [5, 5.41) is 2.92. The molecule has 0 saturated carbocycles. The predicted molar refractivity (Wildman–Crippen MR) is 54.6 cm³/mol. The summed E-state index contributed by atoms with van der Waals surface area (Å²) in [6.07, 6.45) is 0. The maximum Gasteiger partial charge on any atom is 0.348 e. The van der Waals surface area contributed by atoms with Crippen LogP contribution < -0.4 is 0 Å². The van der Waals surface area contributed by atoms with E-state index in [4.69, 9.17) is 0 Å². The molecule has 4 nitrogen and oxygen atoms in total. The van der Waals surface area contributed by atoms with Gasteiger partial charge in [-0.15, -0.1) is 11.3 Å². The molecule has 0 aliphatic heterocycles. The zero-order valence-electron chi connectivity index (χ0n) is 8.23. The number of hydrogen-bond donors (Lipinski definition) is 0. The third-order valence-corrected chi connectivity index (χ3v) is 3.00. The van der Waals surface area contributed by atoms with E-state index in [-0.39, 0.29) is 5.97 Å². The molecule has 1 unspecified atom stereocenters. The maximum atomic E-state index is 11.2. The van der Waals surface area contributed by atoms with Crippen molar-refractivity contribution in [1.29, 1.82) is 0 Å². The normalized spacial score (nSPS) is 12.2. The lowest BCUT2D eigenvalue weighted by atomic mass is 10.1. The number of thiophene rings is 1. The molecule has 1 heterocycles. The molecule has 0 spiro atoms. The van der Waals surface area contributed by atoms with E-state index in [0.29, 0.717) is 4.88 Å². The number of nitrogens with zero attached hydrogens (tertiary/aromatic N) is 1. The SMILES string of the molecule is COC(=O)c1cc(C(C)N=O)c(C)s1. The second-order valence-electron chi connectivity index (χ2n) is 2.90. The molecule has 0 aliphatic carbocycles. The van der Waals surface area contributed by atoms with E-state index in [1.54, 1.807) is 13.0 Å². The van der Waals surface area contributed by atoms with Gasteiger partial charge in [-0.1, -0.05) is 5.18 Å². The Morgan fingerprint density at radius 1 is 1.64 bits per heavy atom. The van der Waals surface area contributed by atoms with Gasteiger partial charge >= 0.3 is 5.97 Å². The summed E-state index contributed by atoms with van der Waals surface area (Å²) in [5.41, 5.74) is 0.797. The zero-order chi connectivity index (χ0) is 10.7. The van der Waals surface area contributed by atoms with Crippen LogP contribution in [-0.2, 0) is 4.74 Å². The quantitative estimate of drug-likeness (QED) is 0.573. The van der Waals surface area contributed by atoms with Crippen molar-refractivity contribution in [3.8, 4) is 0 Å². The highest BCUT2D eigenvalue weighted by atomic mass is 32.1. The van der Waals surface area contributed by atoms with Crippen molar-refractivity contribution < 1.29 is 9.53 Å². The number of aryl methyl sites for hydroxylation is 1. The highest BCUT2D eigenvalue weighted by molar-refractivity contribution is 7.14. The average Bonchev–Trinajstić information content (AvgIpc) is 2.58. The van der Waals surface area contributed by atoms with Crippen molar-refractivity contribution in [2.45, 2.75) is 19.9 Å². The molecule has 0 bridgehead atoms. The van der Waals surface area contributed by atoms with Crippen molar-refractivity contribution in [3.63, 3.8) is 0 Å². The van der Waals surface area contributed by atoms with Crippen molar-refractivity contribution in [1.82, 2.24) is 0 Å². The first-order valence-corrected chi connectivity index (χ1v) is 4.93. The van der Waals surface area contributed by atoms with E-state index in [1.165, 1.54) is 18.4 Å². The van der Waals surface area contributed by atoms with Crippen molar-refractivity contribution >= 4 is 17.3 Å². The zero-order valence-corrected chi connectivity index (χ0v) is 9.05. The number of carbonyl (C=O) groups excluding carboxylic acids is 1. The second-order valence-corrected chi connectivity index (χ2v) is 4.15. The number of carbonyl (C=O) groups is 1. The van der Waals surface area contributed by atoms with Gasteiger partial charge in [0, 0.05) is 4.88 Å². The average molecular weight is 213 g/mol. The second kappa shape index (κ2) is 4.32. The van der Waals surface area contributed by atoms with Gasteiger partial charge in [-0.25, -0.2) is 4.79 Å². The van der Waals surface area contributed by atoms with Gasteiger partial charge in [-0.2, -0.15) is 4.91 Å². The van der Waals surface area contributed by atoms with E-state index in [9.17, 15) is 9.70 Å². The minimum absolute atomic E-state index is 0.373. The highest BCUT2D eigenvalue weighted by Gasteiger charge is 2.16. The number of hydrogen-bond acceptors (Lipinski definition) is 5. The molecule has 76 valence electrons. The van der Waals surface area contributed by atoms with Gasteiger partial charge in [0.1, 0.15) is 10.9 Å². The lowest BCUT2D eigenvalue weighted by molar-refractivity contribution is 0.0606. The smallest absolute Gasteiger partial charge is 0.348 e. The van der Waals surface area contributed by atoms with Crippen LogP contribution in [0.3, 0.4) is 0 Å². The minimum atomic E-state index is -0.412. The number of methoxy groups -OCH3 is 1. The van der Waals surface area contributed by atoms with E-state index in [0.717, 1.165) is 10.4 Å². The van der Waals surface area contributed by atoms with Crippen molar-refractivity contribution in [2.24, 2.45) is 5.18 Å². The third-order valence-electron chi connectivity index (χ3n) is 1.95. The summed E-state index contributed by atoms with van der Waals surface area (Å²) in [6.45, 7) is 3.55. The standard InChI is InChI=1S/C9H11NO3S/c1-5(10-12)7-4-8(9(11)13-3)14-6(7)2/h4-5H,1-3H3. The maximum absolute atomic E-state index is 11.2. The van der Waals surface area contributed by atoms with Gasteiger partial charge in [0.25, 0.3) is 0 Å². The van der Waals surface area contributed by atoms with Crippen molar-refractivity contribution in [2.75, 3.05) is 7.11 Å². The monoisotopic (exact) mass is 213 g/mol. The molecular weight excluding hydrogens is 202 g/mol. The molecule has 0 saturated heterocycles. The lowest BCUT2D eigenvalue weighted by Gasteiger charge is -1.98. The largest absolute Gasteiger partial charge is 0.465 e. The molecule has 0 aromatic carbocycles. The number of rotatable bonds is 3. The molecule has 0 fully saturated rings. The van der Waals surface area contributed by atoms with Crippen molar-refractivity contribution in [3.05, 3.63) is 26.3 Å². The van der Waals surface area contributed by atoms with Crippen LogP contribution in [0, 0.1) is 11.8 Å². The number of esters is 1. The fourth-order valence-electron chi connectivity index (χ4n) is 1.17. The molecule has 5 heteroatoms. The van der Waals surface area contributed by atoms with E-state index in [1.807, 2.05) is 6.92 Å². The summed E-state index contributed by atoms with van der Waals surface area (Å²) < 4.78 is 4.58. The predicted octanol–water partition coefficient (Wildman–Crippen LogP) is 2.67. The Morgan fingerprint density at radius 2 is 2.29 bits per heavy atom. The molecule has 14 heavy (non-hydrogen) atoms. The molecule has 0 aliphatic rings. The van der Waals surface area contributed by atoms with Crippen LogP contribution in [0.5, 0.6) is 0 Å². The highest BCUT2D eigenvalue weighted by Crippen LogP contribution is 2.28. The number of nitroso groups, excluding NO2 is 1. The van der Waals surface area contributed by atoms with Crippen LogP contribution in [-0.4, -0.2) is 13.1 Å². The number of ether oxygens (including phenoxy) is 1. The van der Waals surface area contributed by atoms with Gasteiger partial charge in [0.2, 0.25) is 0 Å². The Bertz CT molecular complexity index is 359. The Hall–Kier alpha value is -1.23. The molecule has 1 aromatic rings. The first-order valence-electron chi connectivity index (χ1n) is 4.11. The topological polar surface area (TPSA) is 55.7 Å². The van der Waals surface area contributed by atoms with Crippen LogP contribution in [0.2, 0.25) is 0 Å². The molecule has 0 amide bonds. The van der Waals surface area contributed by atoms with Crippen LogP contribution in [0.25, 0.3) is 0 Å². The van der Waals surface area contributed by atoms with E-state index in [2.05, 4.69) is 9.91 Å². The van der Waals surface area contributed by atoms with Gasteiger partial charge in [0.05, 0.1) is 7.11 Å². The first kappa shape index (κ1) is 10.8. The van der Waals surface area contributed by atoms with Crippen LogP contribution in [0.1, 0.15) is 33.1 Å². The van der Waals surface area contributed by atoms with Crippen LogP contribution in [0.15, 0.2) is 11.2 Å². The Labute approximate surface area is 85.9 Å². The molecule has 1 aromatic heterocycles. The summed E-state index contributed by atoms with van der Waals surface area (Å²) >= 11 is 1.32. The third kappa shape index (κ3) is 1.98. The Kier molecular flexibility index (Phi) is 3.35. The van der Waals surface area contributed by atoms with Gasteiger partial charge in [0.15, 0.2) is 0 Å². The Morgan fingerprint density at radius 3 is 2.79 bits per heavy atom. The van der Waals surface area contributed by atoms with Gasteiger partial charge < -0.3 is 4.74 Å². The molecular formula is C9H11NO3S. The Balaban J connectivity index is 3.04. The van der Waals surface area contributed by atoms with Crippen LogP contribution in [0.4, 0.5) is 0 Å². The van der Waals surface area contributed by atoms with E-state index < -0.39 is 6.04 Å². The summed E-state index contributed by atoms with van der Waals surface area (Å²) in [7, 11) is 1.33. The molecule has 1 rings (SSSR count). The summed E-state index contributed by atoms with van der Waals surface area (Å²) in [5.74, 6) is -0.373.